The number of amides is 3. The fourth-order valence-electron chi connectivity index (χ4n) is 3.43. The van der Waals surface area contributed by atoms with Crippen LogP contribution in [0, 0.1) is 20.8 Å². The molecule has 0 bridgehead atoms. The zero-order valence-electron chi connectivity index (χ0n) is 16.6. The largest absolute Gasteiger partial charge is 0.496 e. The van der Waals surface area contributed by atoms with Crippen molar-refractivity contribution in [2.75, 3.05) is 39.8 Å². The number of nitrogens with one attached hydrogen (secondary N) is 1. The van der Waals surface area contributed by atoms with E-state index < -0.39 is 0 Å². The molecule has 6 heteroatoms. The monoisotopic (exact) mass is 361 g/mol. The number of carbonyl (C=O) groups excluding carboxylic acids is 2. The zero-order chi connectivity index (χ0) is 19.3. The molecule has 0 saturated carbocycles. The first-order valence-corrected chi connectivity index (χ1v) is 9.37. The van der Waals surface area contributed by atoms with Crippen molar-refractivity contribution in [1.29, 1.82) is 0 Å². The van der Waals surface area contributed by atoms with Gasteiger partial charge in [-0.3, -0.25) is 4.79 Å². The number of carbonyl (C=O) groups is 2. The van der Waals surface area contributed by atoms with Crippen molar-refractivity contribution in [2.24, 2.45) is 0 Å². The molecule has 0 aliphatic carbocycles. The van der Waals surface area contributed by atoms with E-state index in [1.54, 1.807) is 12.0 Å². The number of benzene rings is 1. The van der Waals surface area contributed by atoms with Gasteiger partial charge in [-0.25, -0.2) is 4.79 Å². The third-order valence-corrected chi connectivity index (χ3v) is 5.06. The van der Waals surface area contributed by atoms with Crippen LogP contribution in [0.5, 0.6) is 5.75 Å². The lowest BCUT2D eigenvalue weighted by molar-refractivity contribution is 0.0761. The van der Waals surface area contributed by atoms with Crippen LogP contribution in [0.3, 0.4) is 0 Å². The summed E-state index contributed by atoms with van der Waals surface area (Å²) in [7, 11) is 1.66. The molecule has 1 aromatic rings. The van der Waals surface area contributed by atoms with E-state index in [0.29, 0.717) is 32.7 Å². The van der Waals surface area contributed by atoms with Gasteiger partial charge in [-0.05, 0) is 56.4 Å². The van der Waals surface area contributed by atoms with E-state index in [0.717, 1.165) is 40.8 Å². The molecule has 0 unspecified atom stereocenters. The standard InChI is InChI=1S/C20H31N3O3/c1-6-8-21-20(25)23-10-7-9-22(11-12-23)19(24)17-13-14(2)18(26-5)16(4)15(17)3/h13H,6-12H2,1-5H3,(H,21,25). The van der Waals surface area contributed by atoms with Gasteiger partial charge in [-0.15, -0.1) is 0 Å². The molecule has 3 amide bonds. The first-order valence-electron chi connectivity index (χ1n) is 9.37. The number of methoxy groups -OCH3 is 1. The summed E-state index contributed by atoms with van der Waals surface area (Å²) in [4.78, 5) is 28.9. The van der Waals surface area contributed by atoms with Crippen LogP contribution in [0.2, 0.25) is 0 Å². The molecule has 144 valence electrons. The number of aryl methyl sites for hydroxylation is 1. The quantitative estimate of drug-likeness (QED) is 0.897. The predicted octanol–water partition coefficient (Wildman–Crippen LogP) is 2.89. The first-order chi connectivity index (χ1) is 12.4. The minimum atomic E-state index is -0.0338. The van der Waals surface area contributed by atoms with Crippen LogP contribution >= 0.6 is 0 Å². The second kappa shape index (κ2) is 8.92. The maximum absolute atomic E-state index is 13.1. The van der Waals surface area contributed by atoms with Gasteiger partial charge in [-0.1, -0.05) is 6.92 Å². The average molecular weight is 361 g/mol. The Morgan fingerprint density at radius 2 is 1.73 bits per heavy atom. The summed E-state index contributed by atoms with van der Waals surface area (Å²) < 4.78 is 5.45. The van der Waals surface area contributed by atoms with E-state index >= 15 is 0 Å². The molecule has 1 saturated heterocycles. The molecule has 0 radical (unpaired) electrons. The number of ether oxygens (including phenoxy) is 1. The molecule has 0 spiro atoms. The highest BCUT2D eigenvalue weighted by Gasteiger charge is 2.25. The van der Waals surface area contributed by atoms with Crippen molar-refractivity contribution < 1.29 is 14.3 Å². The topological polar surface area (TPSA) is 61.9 Å². The van der Waals surface area contributed by atoms with Gasteiger partial charge in [0, 0.05) is 38.3 Å². The fourth-order valence-corrected chi connectivity index (χ4v) is 3.43. The highest BCUT2D eigenvalue weighted by molar-refractivity contribution is 5.96. The van der Waals surface area contributed by atoms with E-state index in [2.05, 4.69) is 5.32 Å². The Balaban J connectivity index is 2.12. The van der Waals surface area contributed by atoms with Crippen molar-refractivity contribution in [1.82, 2.24) is 15.1 Å². The maximum Gasteiger partial charge on any atom is 0.317 e. The molecule has 1 aliphatic heterocycles. The molecular weight excluding hydrogens is 330 g/mol. The van der Waals surface area contributed by atoms with Crippen LogP contribution in [0.25, 0.3) is 0 Å². The lowest BCUT2D eigenvalue weighted by Gasteiger charge is -2.24. The van der Waals surface area contributed by atoms with Crippen molar-refractivity contribution in [3.05, 3.63) is 28.3 Å². The van der Waals surface area contributed by atoms with Gasteiger partial charge in [0.05, 0.1) is 7.11 Å². The van der Waals surface area contributed by atoms with Gasteiger partial charge in [0.15, 0.2) is 0 Å². The van der Waals surface area contributed by atoms with Crippen LogP contribution < -0.4 is 10.1 Å². The second-order valence-electron chi connectivity index (χ2n) is 6.89. The van der Waals surface area contributed by atoms with Gasteiger partial charge in [0.2, 0.25) is 0 Å². The summed E-state index contributed by atoms with van der Waals surface area (Å²) in [5.41, 5.74) is 3.66. The molecule has 0 aromatic heterocycles. The minimum Gasteiger partial charge on any atom is -0.496 e. The average Bonchev–Trinajstić information content (AvgIpc) is 2.89. The maximum atomic E-state index is 13.1. The third-order valence-electron chi connectivity index (χ3n) is 5.06. The van der Waals surface area contributed by atoms with E-state index in [4.69, 9.17) is 4.74 Å². The molecule has 1 N–H and O–H groups in total. The number of rotatable bonds is 4. The summed E-state index contributed by atoms with van der Waals surface area (Å²) in [5.74, 6) is 0.876. The van der Waals surface area contributed by atoms with Gasteiger partial charge < -0.3 is 19.9 Å². The molecule has 1 heterocycles. The van der Waals surface area contributed by atoms with Crippen LogP contribution in [-0.4, -0.2) is 61.6 Å². The molecule has 1 aliphatic rings. The number of hydrogen-bond acceptors (Lipinski definition) is 3. The van der Waals surface area contributed by atoms with E-state index in [1.807, 2.05) is 38.7 Å². The normalized spacial score (nSPS) is 14.8. The highest BCUT2D eigenvalue weighted by Crippen LogP contribution is 2.29. The SMILES string of the molecule is CCCNC(=O)N1CCCN(C(=O)c2cc(C)c(OC)c(C)c2C)CC1. The Bertz CT molecular complexity index is 673. The fraction of sp³-hybridized carbons (Fsp3) is 0.600. The summed E-state index contributed by atoms with van der Waals surface area (Å²) >= 11 is 0. The zero-order valence-corrected chi connectivity index (χ0v) is 16.6. The molecule has 0 atom stereocenters. The van der Waals surface area contributed by atoms with Crippen LogP contribution in [0.15, 0.2) is 6.07 Å². The summed E-state index contributed by atoms with van der Waals surface area (Å²) in [6, 6.07) is 1.88. The molecule has 6 nitrogen and oxygen atoms in total. The van der Waals surface area contributed by atoms with Crippen molar-refractivity contribution >= 4 is 11.9 Å². The predicted molar refractivity (Wildman–Crippen MR) is 103 cm³/mol. The number of urea groups is 1. The van der Waals surface area contributed by atoms with Crippen LogP contribution in [0.1, 0.15) is 46.8 Å². The smallest absolute Gasteiger partial charge is 0.317 e. The second-order valence-corrected chi connectivity index (χ2v) is 6.89. The van der Waals surface area contributed by atoms with E-state index in [9.17, 15) is 9.59 Å². The Morgan fingerprint density at radius 1 is 1.08 bits per heavy atom. The Hall–Kier alpha value is -2.24. The first kappa shape index (κ1) is 20.1. The van der Waals surface area contributed by atoms with Gasteiger partial charge in [0.25, 0.3) is 5.91 Å². The molecule has 1 fully saturated rings. The van der Waals surface area contributed by atoms with E-state index in [-0.39, 0.29) is 11.9 Å². The lowest BCUT2D eigenvalue weighted by Crippen LogP contribution is -2.42. The van der Waals surface area contributed by atoms with Crippen LogP contribution in [0.4, 0.5) is 4.79 Å². The van der Waals surface area contributed by atoms with Crippen LogP contribution in [-0.2, 0) is 0 Å². The number of hydrogen-bond donors (Lipinski definition) is 1. The van der Waals surface area contributed by atoms with Gasteiger partial charge in [0.1, 0.15) is 5.75 Å². The van der Waals surface area contributed by atoms with Crippen molar-refractivity contribution in [3.63, 3.8) is 0 Å². The molecular formula is C20H31N3O3. The summed E-state index contributed by atoms with van der Waals surface area (Å²) in [5, 5.41) is 2.91. The summed E-state index contributed by atoms with van der Waals surface area (Å²) in [6.45, 7) is 11.1. The Labute approximate surface area is 156 Å². The summed E-state index contributed by atoms with van der Waals surface area (Å²) in [6.07, 6.45) is 1.71. The van der Waals surface area contributed by atoms with Crippen molar-refractivity contribution in [2.45, 2.75) is 40.5 Å². The number of nitrogens with zero attached hydrogens (tertiary/aromatic N) is 2. The Kier molecular flexibility index (Phi) is 6.89. The Morgan fingerprint density at radius 3 is 2.38 bits per heavy atom. The third kappa shape index (κ3) is 4.29. The highest BCUT2D eigenvalue weighted by atomic mass is 16.5. The molecule has 2 rings (SSSR count). The van der Waals surface area contributed by atoms with Gasteiger partial charge >= 0.3 is 6.03 Å². The minimum absolute atomic E-state index is 0.0338. The van der Waals surface area contributed by atoms with Gasteiger partial charge in [-0.2, -0.15) is 0 Å². The van der Waals surface area contributed by atoms with Crippen molar-refractivity contribution in [3.8, 4) is 5.75 Å². The molecule has 1 aromatic carbocycles. The van der Waals surface area contributed by atoms with E-state index in [1.165, 1.54) is 0 Å². The molecule has 26 heavy (non-hydrogen) atoms. The lowest BCUT2D eigenvalue weighted by atomic mass is 9.97.